The Morgan fingerprint density at radius 3 is 2.46 bits per heavy atom. The largest absolute Gasteiger partial charge is 0.416 e. The molecule has 1 aromatic rings. The van der Waals surface area contributed by atoms with Crippen molar-refractivity contribution in [3.63, 3.8) is 0 Å². The molecule has 1 N–H and O–H groups in total. The normalized spacial score (nSPS) is 25.6. The molecule has 0 aliphatic carbocycles. The molecule has 0 saturated carbocycles. The molecular formula is C18H24F3N3O3S. The predicted octanol–water partition coefficient (Wildman–Crippen LogP) is 1.52. The maximum Gasteiger partial charge on any atom is 0.416 e. The third-order valence-electron chi connectivity index (χ3n) is 5.22. The number of carbonyl (C=O) groups excluding carboxylic acids is 1. The number of carbonyl (C=O) groups is 1. The molecule has 2 fully saturated rings. The summed E-state index contributed by atoms with van der Waals surface area (Å²) in [7, 11) is -3.10. The summed E-state index contributed by atoms with van der Waals surface area (Å²) in [6.45, 7) is 3.99. The number of alkyl halides is 3. The monoisotopic (exact) mass is 419 g/mol. The zero-order valence-corrected chi connectivity index (χ0v) is 16.4. The summed E-state index contributed by atoms with van der Waals surface area (Å²) >= 11 is 0. The average Bonchev–Trinajstić information content (AvgIpc) is 2.87. The quantitative estimate of drug-likeness (QED) is 0.802. The lowest BCUT2D eigenvalue weighted by atomic mass is 10.0. The van der Waals surface area contributed by atoms with Gasteiger partial charge < -0.3 is 10.2 Å². The minimum atomic E-state index is -4.38. The third kappa shape index (κ3) is 5.16. The summed E-state index contributed by atoms with van der Waals surface area (Å²) < 4.78 is 61.9. The van der Waals surface area contributed by atoms with E-state index in [2.05, 4.69) is 5.32 Å². The number of sulfone groups is 1. The van der Waals surface area contributed by atoms with Crippen LogP contribution in [0.25, 0.3) is 0 Å². The molecule has 0 aromatic heterocycles. The molecule has 2 heterocycles. The first kappa shape index (κ1) is 20.9. The highest BCUT2D eigenvalue weighted by Gasteiger charge is 2.39. The Morgan fingerprint density at radius 1 is 1.21 bits per heavy atom. The Labute approximate surface area is 162 Å². The molecule has 6 nitrogen and oxygen atoms in total. The van der Waals surface area contributed by atoms with Gasteiger partial charge >= 0.3 is 6.18 Å². The van der Waals surface area contributed by atoms with Gasteiger partial charge in [0.2, 0.25) is 5.91 Å². The van der Waals surface area contributed by atoms with Crippen molar-refractivity contribution in [3.05, 3.63) is 29.8 Å². The van der Waals surface area contributed by atoms with E-state index < -0.39 is 27.1 Å². The van der Waals surface area contributed by atoms with E-state index >= 15 is 0 Å². The van der Waals surface area contributed by atoms with Gasteiger partial charge in [-0.2, -0.15) is 13.2 Å². The van der Waals surface area contributed by atoms with Crippen LogP contribution in [0.5, 0.6) is 0 Å². The highest BCUT2D eigenvalue weighted by atomic mass is 32.2. The van der Waals surface area contributed by atoms with Gasteiger partial charge in [0.15, 0.2) is 9.84 Å². The van der Waals surface area contributed by atoms with Crippen LogP contribution in [0.2, 0.25) is 0 Å². The van der Waals surface area contributed by atoms with Crippen LogP contribution in [0.4, 0.5) is 18.9 Å². The lowest BCUT2D eigenvalue weighted by molar-refractivity contribution is -0.137. The zero-order valence-electron chi connectivity index (χ0n) is 15.6. The fraction of sp³-hybridized carbons (Fsp3) is 0.611. The Bertz CT molecular complexity index is 836. The van der Waals surface area contributed by atoms with E-state index in [1.807, 2.05) is 9.80 Å². The van der Waals surface area contributed by atoms with Crippen LogP contribution in [-0.2, 0) is 20.8 Å². The number of halogens is 3. The van der Waals surface area contributed by atoms with Crippen LogP contribution in [0.15, 0.2) is 24.3 Å². The fourth-order valence-electron chi connectivity index (χ4n) is 3.73. The summed E-state index contributed by atoms with van der Waals surface area (Å²) in [5.74, 6) is -0.193. The number of benzene rings is 1. The predicted molar refractivity (Wildman–Crippen MR) is 99.9 cm³/mol. The molecule has 0 unspecified atom stereocenters. The molecule has 1 amide bonds. The molecule has 10 heteroatoms. The van der Waals surface area contributed by atoms with Crippen molar-refractivity contribution in [1.29, 1.82) is 0 Å². The first-order valence-electron chi connectivity index (χ1n) is 9.12. The molecule has 2 aliphatic rings. The zero-order chi connectivity index (χ0) is 20.6. The number of hydrogen-bond donors (Lipinski definition) is 1. The molecule has 156 valence electrons. The van der Waals surface area contributed by atoms with Crippen molar-refractivity contribution in [1.82, 2.24) is 10.2 Å². The van der Waals surface area contributed by atoms with Crippen LogP contribution < -0.4 is 10.2 Å². The summed E-state index contributed by atoms with van der Waals surface area (Å²) in [5.41, 5.74) is -0.885. The first-order valence-corrected chi connectivity index (χ1v) is 10.9. The number of hydrogen-bond acceptors (Lipinski definition) is 5. The van der Waals surface area contributed by atoms with Gasteiger partial charge in [-0.15, -0.1) is 0 Å². The molecule has 0 radical (unpaired) electrons. The molecule has 2 saturated heterocycles. The number of nitrogens with zero attached hydrogens (tertiary/aromatic N) is 2. The van der Waals surface area contributed by atoms with E-state index in [9.17, 15) is 26.4 Å². The minimum absolute atomic E-state index is 0.0466. The standard InChI is InChI=1S/C18H24F3N3O3S/c1-17(5-10-28(26,27)13-17)22-16(25)12-23-6-8-24(9-7-23)15-4-2-3-14(11-15)18(19,20)21/h2-4,11H,5-10,12-13H2,1H3,(H,22,25)/t17-/m1/s1. The van der Waals surface area contributed by atoms with Crippen molar-refractivity contribution in [2.75, 3.05) is 49.1 Å². The molecular weight excluding hydrogens is 395 g/mol. The number of nitrogens with one attached hydrogen (secondary N) is 1. The summed E-state index contributed by atoms with van der Waals surface area (Å²) in [6.07, 6.45) is -3.97. The number of anilines is 1. The van der Waals surface area contributed by atoms with Gasteiger partial charge in [-0.1, -0.05) is 6.07 Å². The van der Waals surface area contributed by atoms with Crippen LogP contribution in [0.3, 0.4) is 0 Å². The van der Waals surface area contributed by atoms with Gasteiger partial charge in [-0.05, 0) is 31.5 Å². The van der Waals surface area contributed by atoms with E-state index in [1.54, 1.807) is 13.0 Å². The average molecular weight is 419 g/mol. The summed E-state index contributed by atoms with van der Waals surface area (Å²) in [5, 5.41) is 2.83. The van der Waals surface area contributed by atoms with Gasteiger partial charge in [-0.25, -0.2) is 8.42 Å². The van der Waals surface area contributed by atoms with Gasteiger partial charge in [-0.3, -0.25) is 9.69 Å². The van der Waals surface area contributed by atoms with Gasteiger partial charge in [0.05, 0.1) is 29.2 Å². The number of piperazine rings is 1. The van der Waals surface area contributed by atoms with Crippen molar-refractivity contribution in [2.24, 2.45) is 0 Å². The second kappa shape index (κ2) is 7.55. The first-order chi connectivity index (χ1) is 13.0. The van der Waals surface area contributed by atoms with Crippen LogP contribution in [0, 0.1) is 0 Å². The Morgan fingerprint density at radius 2 is 1.89 bits per heavy atom. The lowest BCUT2D eigenvalue weighted by Crippen LogP contribution is -2.53. The van der Waals surface area contributed by atoms with Crippen molar-refractivity contribution >= 4 is 21.4 Å². The highest BCUT2D eigenvalue weighted by molar-refractivity contribution is 7.91. The van der Waals surface area contributed by atoms with Crippen molar-refractivity contribution in [3.8, 4) is 0 Å². The fourth-order valence-corrected chi connectivity index (χ4v) is 5.82. The Balaban J connectivity index is 1.51. The molecule has 3 rings (SSSR count). The second-order valence-corrected chi connectivity index (χ2v) is 9.95. The Hall–Kier alpha value is -1.81. The van der Waals surface area contributed by atoms with E-state index in [4.69, 9.17) is 0 Å². The SMILES string of the molecule is C[C@@]1(NC(=O)CN2CCN(c3cccc(C(F)(F)F)c3)CC2)CCS(=O)(=O)C1. The third-order valence-corrected chi connectivity index (χ3v) is 7.13. The summed E-state index contributed by atoms with van der Waals surface area (Å²) in [4.78, 5) is 16.1. The Kier molecular flexibility index (Phi) is 5.64. The van der Waals surface area contributed by atoms with Gasteiger partial charge in [0.1, 0.15) is 0 Å². The van der Waals surface area contributed by atoms with E-state index in [0.717, 1.165) is 12.1 Å². The smallest absolute Gasteiger partial charge is 0.369 e. The van der Waals surface area contributed by atoms with Gasteiger partial charge in [0.25, 0.3) is 0 Å². The van der Waals surface area contributed by atoms with E-state index in [1.165, 1.54) is 6.07 Å². The molecule has 0 spiro atoms. The lowest BCUT2D eigenvalue weighted by Gasteiger charge is -2.36. The maximum atomic E-state index is 12.9. The molecule has 28 heavy (non-hydrogen) atoms. The van der Waals surface area contributed by atoms with E-state index in [0.29, 0.717) is 38.3 Å². The topological polar surface area (TPSA) is 69.7 Å². The number of amides is 1. The van der Waals surface area contributed by atoms with Crippen LogP contribution in [-0.4, -0.2) is 69.0 Å². The molecule has 1 aromatic carbocycles. The van der Waals surface area contributed by atoms with E-state index in [-0.39, 0.29) is 24.0 Å². The number of rotatable bonds is 4. The minimum Gasteiger partial charge on any atom is -0.369 e. The molecule has 1 atom stereocenters. The van der Waals surface area contributed by atoms with Crippen LogP contribution in [0.1, 0.15) is 18.9 Å². The highest BCUT2D eigenvalue weighted by Crippen LogP contribution is 2.31. The maximum absolute atomic E-state index is 12.9. The molecule has 0 bridgehead atoms. The second-order valence-electron chi connectivity index (χ2n) is 7.76. The van der Waals surface area contributed by atoms with Crippen molar-refractivity contribution in [2.45, 2.75) is 25.1 Å². The summed E-state index contributed by atoms with van der Waals surface area (Å²) in [6, 6.07) is 5.24. The molecule has 2 aliphatic heterocycles. The van der Waals surface area contributed by atoms with Crippen LogP contribution >= 0.6 is 0 Å². The van der Waals surface area contributed by atoms with Crippen molar-refractivity contribution < 1.29 is 26.4 Å². The van der Waals surface area contributed by atoms with Gasteiger partial charge in [0, 0.05) is 31.9 Å².